The van der Waals surface area contributed by atoms with Crippen molar-refractivity contribution in [3.05, 3.63) is 46.3 Å². The molecule has 32 heavy (non-hydrogen) atoms. The summed E-state index contributed by atoms with van der Waals surface area (Å²) in [6, 6.07) is 6.80. The van der Waals surface area contributed by atoms with E-state index in [1.54, 1.807) is 38.1 Å². The van der Waals surface area contributed by atoms with Crippen molar-refractivity contribution in [2.24, 2.45) is 0 Å². The van der Waals surface area contributed by atoms with Gasteiger partial charge in [0, 0.05) is 31.0 Å². The van der Waals surface area contributed by atoms with Crippen LogP contribution in [0, 0.1) is 6.92 Å². The van der Waals surface area contributed by atoms with Gasteiger partial charge in [0.05, 0.1) is 12.3 Å². The second-order valence-electron chi connectivity index (χ2n) is 6.64. The van der Waals surface area contributed by atoms with Crippen LogP contribution in [0.5, 0.6) is 0 Å². The number of nitrogens with zero attached hydrogens (tertiary/aromatic N) is 3. The molecule has 0 fully saturated rings. The summed E-state index contributed by atoms with van der Waals surface area (Å²) in [5, 5.41) is 9.54. The Morgan fingerprint density at radius 2 is 2.00 bits per heavy atom. The van der Waals surface area contributed by atoms with Crippen molar-refractivity contribution in [3.63, 3.8) is 0 Å². The number of carbonyl (C=O) groups excluding carboxylic acids is 3. The smallest absolute Gasteiger partial charge is 0.350 e. The zero-order chi connectivity index (χ0) is 23.1. The summed E-state index contributed by atoms with van der Waals surface area (Å²) in [5.41, 5.74) is 1.64. The number of esters is 1. The van der Waals surface area contributed by atoms with E-state index in [0.717, 1.165) is 11.3 Å². The molecule has 2 amide bonds. The predicted molar refractivity (Wildman–Crippen MR) is 117 cm³/mol. The lowest BCUT2D eigenvalue weighted by Crippen LogP contribution is -2.27. The minimum atomic E-state index is -0.451. The number of amides is 2. The van der Waals surface area contributed by atoms with Gasteiger partial charge in [-0.3, -0.25) is 9.59 Å². The fourth-order valence-electron chi connectivity index (χ4n) is 2.79. The highest BCUT2D eigenvalue weighted by atomic mass is 32.1. The normalized spacial score (nSPS) is 10.6. The lowest BCUT2D eigenvalue weighted by atomic mass is 10.1. The molecule has 10 nitrogen and oxygen atoms in total. The molecule has 1 aromatic carbocycles. The first kappa shape index (κ1) is 23.1. The Bertz CT molecular complexity index is 1120. The molecule has 0 spiro atoms. The average molecular weight is 458 g/mol. The Balaban J connectivity index is 1.53. The molecule has 11 heteroatoms. The number of thiazole rings is 1. The van der Waals surface area contributed by atoms with E-state index in [-0.39, 0.29) is 31.4 Å². The Labute approximate surface area is 188 Å². The van der Waals surface area contributed by atoms with Gasteiger partial charge in [-0.05, 0) is 25.5 Å². The number of rotatable bonds is 9. The van der Waals surface area contributed by atoms with Gasteiger partial charge in [-0.25, -0.2) is 9.78 Å². The maximum Gasteiger partial charge on any atom is 0.350 e. The summed E-state index contributed by atoms with van der Waals surface area (Å²) in [5.74, 6) is -0.275. The molecule has 0 atom stereocenters. The SMILES string of the molecule is CCOC(=O)c1sc(NC(=O)CCNC(=O)c2cccc(-c3noc(C)n3)c2)nc1CC. The van der Waals surface area contributed by atoms with E-state index in [1.165, 1.54) is 0 Å². The highest BCUT2D eigenvalue weighted by Gasteiger charge is 2.19. The van der Waals surface area contributed by atoms with Crippen LogP contribution in [0.15, 0.2) is 28.8 Å². The number of benzene rings is 1. The second kappa shape index (κ2) is 10.6. The molecular formula is C21H23N5O5S. The number of aromatic nitrogens is 3. The van der Waals surface area contributed by atoms with E-state index in [2.05, 4.69) is 25.8 Å². The van der Waals surface area contributed by atoms with Crippen molar-refractivity contribution in [2.75, 3.05) is 18.5 Å². The standard InChI is InChI=1S/C21H23N5O5S/c1-4-15-17(20(29)30-5-2)32-21(24-15)25-16(27)9-10-22-19(28)14-8-6-7-13(11-14)18-23-12(3)31-26-18/h6-8,11H,4-5,9-10H2,1-3H3,(H,22,28)(H,24,25,27). The molecule has 0 aliphatic heterocycles. The van der Waals surface area contributed by atoms with Crippen LogP contribution in [-0.2, 0) is 16.0 Å². The van der Waals surface area contributed by atoms with E-state index in [0.29, 0.717) is 45.0 Å². The van der Waals surface area contributed by atoms with Gasteiger partial charge < -0.3 is 19.9 Å². The summed E-state index contributed by atoms with van der Waals surface area (Å²) >= 11 is 1.07. The van der Waals surface area contributed by atoms with Crippen molar-refractivity contribution in [2.45, 2.75) is 33.6 Å². The maximum absolute atomic E-state index is 12.4. The molecule has 0 aliphatic carbocycles. The van der Waals surface area contributed by atoms with Crippen LogP contribution < -0.4 is 10.6 Å². The fourth-order valence-corrected chi connectivity index (χ4v) is 3.75. The zero-order valence-electron chi connectivity index (χ0n) is 17.9. The number of carbonyl (C=O) groups is 3. The van der Waals surface area contributed by atoms with Crippen molar-refractivity contribution in [3.8, 4) is 11.4 Å². The maximum atomic E-state index is 12.4. The van der Waals surface area contributed by atoms with Gasteiger partial charge in [0.1, 0.15) is 4.88 Å². The molecule has 0 aliphatic rings. The summed E-state index contributed by atoms with van der Waals surface area (Å²) in [6.45, 7) is 5.67. The molecule has 0 unspecified atom stereocenters. The highest BCUT2D eigenvalue weighted by molar-refractivity contribution is 7.17. The lowest BCUT2D eigenvalue weighted by molar-refractivity contribution is -0.116. The highest BCUT2D eigenvalue weighted by Crippen LogP contribution is 2.24. The van der Waals surface area contributed by atoms with Gasteiger partial charge in [-0.15, -0.1) is 0 Å². The molecule has 2 N–H and O–H groups in total. The molecule has 0 bridgehead atoms. The molecule has 3 rings (SSSR count). The predicted octanol–water partition coefficient (Wildman–Crippen LogP) is 3.00. The van der Waals surface area contributed by atoms with Gasteiger partial charge in [-0.1, -0.05) is 35.5 Å². The third-order valence-electron chi connectivity index (χ3n) is 4.29. The van der Waals surface area contributed by atoms with Crippen LogP contribution >= 0.6 is 11.3 Å². The molecule has 0 saturated heterocycles. The van der Waals surface area contributed by atoms with E-state index in [9.17, 15) is 14.4 Å². The van der Waals surface area contributed by atoms with Crippen LogP contribution in [0.2, 0.25) is 0 Å². The summed E-state index contributed by atoms with van der Waals surface area (Å²) < 4.78 is 9.98. The molecule has 0 radical (unpaired) electrons. The molecule has 168 valence electrons. The van der Waals surface area contributed by atoms with Gasteiger partial charge >= 0.3 is 5.97 Å². The number of hydrogen-bond acceptors (Lipinski definition) is 9. The Kier molecular flexibility index (Phi) is 7.66. The number of ether oxygens (including phenoxy) is 1. The van der Waals surface area contributed by atoms with E-state index >= 15 is 0 Å². The fraction of sp³-hybridized carbons (Fsp3) is 0.333. The average Bonchev–Trinajstić information content (AvgIpc) is 3.40. The first-order chi connectivity index (χ1) is 15.4. The van der Waals surface area contributed by atoms with Gasteiger partial charge in [0.25, 0.3) is 5.91 Å². The third-order valence-corrected chi connectivity index (χ3v) is 5.28. The van der Waals surface area contributed by atoms with E-state index < -0.39 is 5.97 Å². The van der Waals surface area contributed by atoms with E-state index in [4.69, 9.17) is 9.26 Å². The largest absolute Gasteiger partial charge is 0.462 e. The minimum absolute atomic E-state index is 0.0469. The molecular weight excluding hydrogens is 434 g/mol. The summed E-state index contributed by atoms with van der Waals surface area (Å²) in [4.78, 5) is 45.5. The van der Waals surface area contributed by atoms with Gasteiger partial charge in [0.2, 0.25) is 17.6 Å². The number of nitrogens with one attached hydrogen (secondary N) is 2. The van der Waals surface area contributed by atoms with Crippen LogP contribution in [0.1, 0.15) is 51.9 Å². The molecule has 2 aromatic heterocycles. The molecule has 3 aromatic rings. The third kappa shape index (κ3) is 5.76. The number of anilines is 1. The van der Waals surface area contributed by atoms with Crippen molar-refractivity contribution in [1.82, 2.24) is 20.4 Å². The van der Waals surface area contributed by atoms with Crippen LogP contribution in [-0.4, -0.2) is 46.1 Å². The van der Waals surface area contributed by atoms with Crippen molar-refractivity contribution in [1.29, 1.82) is 0 Å². The molecule has 0 saturated carbocycles. The van der Waals surface area contributed by atoms with Gasteiger partial charge in [-0.2, -0.15) is 4.98 Å². The number of hydrogen-bond donors (Lipinski definition) is 2. The van der Waals surface area contributed by atoms with Crippen LogP contribution in [0.3, 0.4) is 0 Å². The molecule has 2 heterocycles. The zero-order valence-corrected chi connectivity index (χ0v) is 18.7. The number of aryl methyl sites for hydroxylation is 2. The van der Waals surface area contributed by atoms with Crippen molar-refractivity contribution >= 4 is 34.3 Å². The quantitative estimate of drug-likeness (QED) is 0.468. The van der Waals surface area contributed by atoms with Gasteiger partial charge in [0.15, 0.2) is 5.13 Å². The van der Waals surface area contributed by atoms with Crippen LogP contribution in [0.25, 0.3) is 11.4 Å². The first-order valence-electron chi connectivity index (χ1n) is 10.1. The summed E-state index contributed by atoms with van der Waals surface area (Å²) in [7, 11) is 0. The lowest BCUT2D eigenvalue weighted by Gasteiger charge is -2.06. The minimum Gasteiger partial charge on any atom is -0.462 e. The summed E-state index contributed by atoms with van der Waals surface area (Å²) in [6.07, 6.45) is 0.588. The Morgan fingerprint density at radius 1 is 1.19 bits per heavy atom. The topological polar surface area (TPSA) is 136 Å². The Morgan fingerprint density at radius 3 is 2.69 bits per heavy atom. The first-order valence-corrected chi connectivity index (χ1v) is 10.9. The van der Waals surface area contributed by atoms with Crippen LogP contribution in [0.4, 0.5) is 5.13 Å². The van der Waals surface area contributed by atoms with E-state index in [1.807, 2.05) is 6.92 Å². The second-order valence-corrected chi connectivity index (χ2v) is 7.64. The monoisotopic (exact) mass is 457 g/mol. The van der Waals surface area contributed by atoms with Crippen molar-refractivity contribution < 1.29 is 23.6 Å². The Hall–Kier alpha value is -3.60.